The lowest BCUT2D eigenvalue weighted by atomic mass is 9.68. The molecule has 0 aliphatic heterocycles. The van der Waals surface area contributed by atoms with Crippen LogP contribution in [-0.2, 0) is 0 Å². The molecule has 1 aromatic carbocycles. The van der Waals surface area contributed by atoms with Crippen molar-refractivity contribution >= 4 is 11.7 Å². The Morgan fingerprint density at radius 3 is 2.62 bits per heavy atom. The highest BCUT2D eigenvalue weighted by atomic mass is 16.4. The zero-order valence-electron chi connectivity index (χ0n) is 13.4. The van der Waals surface area contributed by atoms with Gasteiger partial charge in [-0.05, 0) is 60.6 Å². The van der Waals surface area contributed by atoms with Gasteiger partial charge in [0.1, 0.15) is 0 Å². The Labute approximate surface area is 126 Å². The topological polar surface area (TPSA) is 49.3 Å². The van der Waals surface area contributed by atoms with Crippen LogP contribution >= 0.6 is 0 Å². The maximum absolute atomic E-state index is 11.3. The van der Waals surface area contributed by atoms with Gasteiger partial charge in [-0.25, -0.2) is 4.79 Å². The molecule has 0 aromatic heterocycles. The fourth-order valence-corrected chi connectivity index (χ4v) is 4.84. The van der Waals surface area contributed by atoms with Gasteiger partial charge in [-0.2, -0.15) is 0 Å². The maximum Gasteiger partial charge on any atom is 0.336 e. The van der Waals surface area contributed by atoms with E-state index in [0.717, 1.165) is 17.2 Å². The molecule has 0 radical (unpaired) electrons. The monoisotopic (exact) mass is 287 g/mol. The third kappa shape index (κ3) is 2.05. The molecule has 0 spiro atoms. The van der Waals surface area contributed by atoms with E-state index in [9.17, 15) is 9.90 Å². The van der Waals surface area contributed by atoms with Gasteiger partial charge in [0.05, 0.1) is 5.56 Å². The summed E-state index contributed by atoms with van der Waals surface area (Å²) in [5.41, 5.74) is 2.80. The molecule has 114 valence electrons. The maximum atomic E-state index is 11.3. The Morgan fingerprint density at radius 2 is 2.05 bits per heavy atom. The predicted octanol–water partition coefficient (Wildman–Crippen LogP) is 4.32. The molecule has 3 atom stereocenters. The van der Waals surface area contributed by atoms with E-state index in [4.69, 9.17) is 0 Å². The van der Waals surface area contributed by atoms with E-state index in [1.165, 1.54) is 19.3 Å². The average molecular weight is 287 g/mol. The van der Waals surface area contributed by atoms with Gasteiger partial charge in [0.2, 0.25) is 0 Å². The molecule has 2 fully saturated rings. The standard InChI is InChI=1S/C18H25NO2/c1-11-13(15(20)21)6-5-7-14(11)19-16-17(2,3)12-8-9-18(16,4)10-12/h5-7,12,16,19H,8-10H2,1-4H3,(H,20,21)/t12-,16?,18+/m0/s1. The minimum absolute atomic E-state index is 0.263. The summed E-state index contributed by atoms with van der Waals surface area (Å²) < 4.78 is 0. The highest BCUT2D eigenvalue weighted by Crippen LogP contribution is 2.63. The molecular formula is C18H25NO2. The third-order valence-corrected chi connectivity index (χ3v) is 6.13. The van der Waals surface area contributed by atoms with Gasteiger partial charge in [0.15, 0.2) is 0 Å². The van der Waals surface area contributed by atoms with Crippen molar-refractivity contribution in [3.63, 3.8) is 0 Å². The lowest BCUT2D eigenvalue weighted by Gasteiger charge is -2.44. The van der Waals surface area contributed by atoms with Crippen LogP contribution < -0.4 is 5.32 Å². The minimum atomic E-state index is -0.852. The first-order chi connectivity index (χ1) is 9.75. The Hall–Kier alpha value is -1.51. The van der Waals surface area contributed by atoms with Gasteiger partial charge in [-0.1, -0.05) is 26.8 Å². The lowest BCUT2D eigenvalue weighted by Crippen LogP contribution is -2.45. The quantitative estimate of drug-likeness (QED) is 0.870. The summed E-state index contributed by atoms with van der Waals surface area (Å²) in [6.07, 6.45) is 3.89. The molecular weight excluding hydrogens is 262 g/mol. The second kappa shape index (κ2) is 4.49. The predicted molar refractivity (Wildman–Crippen MR) is 84.8 cm³/mol. The molecule has 2 bridgehead atoms. The van der Waals surface area contributed by atoms with Crippen molar-refractivity contribution in [1.82, 2.24) is 0 Å². The molecule has 2 saturated carbocycles. The zero-order valence-corrected chi connectivity index (χ0v) is 13.4. The Morgan fingerprint density at radius 1 is 1.33 bits per heavy atom. The second-order valence-corrected chi connectivity index (χ2v) is 7.78. The van der Waals surface area contributed by atoms with E-state index in [0.29, 0.717) is 17.0 Å². The first kappa shape index (κ1) is 14.4. The van der Waals surface area contributed by atoms with Gasteiger partial charge in [-0.3, -0.25) is 0 Å². The molecule has 0 amide bonds. The van der Waals surface area contributed by atoms with Crippen LogP contribution in [0.1, 0.15) is 56.0 Å². The Bertz CT molecular complexity index is 588. The third-order valence-electron chi connectivity index (χ3n) is 6.13. The summed E-state index contributed by atoms with van der Waals surface area (Å²) in [5, 5.41) is 13.0. The van der Waals surface area contributed by atoms with Crippen LogP contribution in [0.4, 0.5) is 5.69 Å². The van der Waals surface area contributed by atoms with Gasteiger partial charge >= 0.3 is 5.97 Å². The molecule has 1 aromatic rings. The number of hydrogen-bond acceptors (Lipinski definition) is 2. The number of hydrogen-bond donors (Lipinski definition) is 2. The normalized spacial score (nSPS) is 33.1. The Kier molecular flexibility index (Phi) is 3.09. The first-order valence-electron chi connectivity index (χ1n) is 7.85. The molecule has 3 nitrogen and oxygen atoms in total. The van der Waals surface area contributed by atoms with Gasteiger partial charge < -0.3 is 10.4 Å². The summed E-state index contributed by atoms with van der Waals surface area (Å²) in [6, 6.07) is 5.93. The molecule has 2 aliphatic rings. The summed E-state index contributed by atoms with van der Waals surface area (Å²) in [5.74, 6) is -0.0717. The number of carboxylic acid groups (broad SMARTS) is 1. The molecule has 1 unspecified atom stereocenters. The zero-order chi connectivity index (χ0) is 15.4. The van der Waals surface area contributed by atoms with Crippen molar-refractivity contribution in [2.24, 2.45) is 16.7 Å². The van der Waals surface area contributed by atoms with Crippen LogP contribution in [0.2, 0.25) is 0 Å². The van der Waals surface area contributed by atoms with Crippen LogP contribution in [-0.4, -0.2) is 17.1 Å². The second-order valence-electron chi connectivity index (χ2n) is 7.78. The smallest absolute Gasteiger partial charge is 0.336 e. The highest BCUT2D eigenvalue weighted by molar-refractivity contribution is 5.91. The molecule has 2 N–H and O–H groups in total. The average Bonchev–Trinajstić information content (AvgIpc) is 2.87. The Balaban J connectivity index is 1.94. The molecule has 21 heavy (non-hydrogen) atoms. The van der Waals surface area contributed by atoms with Crippen molar-refractivity contribution in [3.05, 3.63) is 29.3 Å². The summed E-state index contributed by atoms with van der Waals surface area (Å²) >= 11 is 0. The largest absolute Gasteiger partial charge is 0.478 e. The molecule has 3 rings (SSSR count). The van der Waals surface area contributed by atoms with Crippen LogP contribution in [0.15, 0.2) is 18.2 Å². The molecule has 0 heterocycles. The van der Waals surface area contributed by atoms with E-state index >= 15 is 0 Å². The number of rotatable bonds is 3. The number of aromatic carboxylic acids is 1. The highest BCUT2D eigenvalue weighted by Gasteiger charge is 2.59. The van der Waals surface area contributed by atoms with Crippen LogP contribution in [0.25, 0.3) is 0 Å². The fourth-order valence-electron chi connectivity index (χ4n) is 4.84. The van der Waals surface area contributed by atoms with E-state index in [1.54, 1.807) is 6.07 Å². The first-order valence-corrected chi connectivity index (χ1v) is 7.85. The summed E-state index contributed by atoms with van der Waals surface area (Å²) in [7, 11) is 0. The number of nitrogens with one attached hydrogen (secondary N) is 1. The van der Waals surface area contributed by atoms with Crippen molar-refractivity contribution in [1.29, 1.82) is 0 Å². The summed E-state index contributed by atoms with van der Waals surface area (Å²) in [6.45, 7) is 9.00. The van der Waals surface area contributed by atoms with Crippen molar-refractivity contribution in [2.75, 3.05) is 5.32 Å². The summed E-state index contributed by atoms with van der Waals surface area (Å²) in [4.78, 5) is 11.3. The van der Waals surface area contributed by atoms with Gasteiger partial charge in [0.25, 0.3) is 0 Å². The van der Waals surface area contributed by atoms with Gasteiger partial charge in [0, 0.05) is 11.7 Å². The molecule has 0 saturated heterocycles. The number of fused-ring (bicyclic) bond motifs is 2. The van der Waals surface area contributed by atoms with E-state index < -0.39 is 5.97 Å². The number of anilines is 1. The fraction of sp³-hybridized carbons (Fsp3) is 0.611. The van der Waals surface area contributed by atoms with Gasteiger partial charge in [-0.15, -0.1) is 0 Å². The van der Waals surface area contributed by atoms with Crippen LogP contribution in [0.5, 0.6) is 0 Å². The molecule has 3 heteroatoms. The van der Waals surface area contributed by atoms with E-state index in [-0.39, 0.29) is 5.41 Å². The number of carbonyl (C=O) groups is 1. The van der Waals surface area contributed by atoms with E-state index in [1.807, 2.05) is 19.1 Å². The lowest BCUT2D eigenvalue weighted by molar-refractivity contribution is 0.0696. The number of carboxylic acids is 1. The van der Waals surface area contributed by atoms with Crippen molar-refractivity contribution in [3.8, 4) is 0 Å². The van der Waals surface area contributed by atoms with E-state index in [2.05, 4.69) is 26.1 Å². The number of benzene rings is 1. The SMILES string of the molecule is Cc1c(NC2C(C)(C)[C@H]3CC[C@]2(C)C3)cccc1C(=O)O. The molecule has 2 aliphatic carbocycles. The van der Waals surface area contributed by atoms with Crippen LogP contribution in [0.3, 0.4) is 0 Å². The van der Waals surface area contributed by atoms with Crippen LogP contribution in [0, 0.1) is 23.7 Å². The minimum Gasteiger partial charge on any atom is -0.478 e. The van der Waals surface area contributed by atoms with Crippen molar-refractivity contribution in [2.45, 2.75) is 53.0 Å². The van der Waals surface area contributed by atoms with Crippen molar-refractivity contribution < 1.29 is 9.90 Å².